The van der Waals surface area contributed by atoms with Gasteiger partial charge in [-0.3, -0.25) is 4.99 Å². The molecule has 1 rings (SSSR count). The summed E-state index contributed by atoms with van der Waals surface area (Å²) in [5.41, 5.74) is 5.75. The number of guanidine groups is 1. The molecule has 1 aliphatic rings. The Morgan fingerprint density at radius 1 is 1.59 bits per heavy atom. The van der Waals surface area contributed by atoms with Crippen LogP contribution in [0.1, 0.15) is 27.2 Å². The fourth-order valence-corrected chi connectivity index (χ4v) is 1.75. The maximum atomic E-state index is 5.80. The first-order valence-electron chi connectivity index (χ1n) is 5.74. The summed E-state index contributed by atoms with van der Waals surface area (Å²) in [5, 5.41) is 3.14. The van der Waals surface area contributed by atoms with Gasteiger partial charge in [0.25, 0.3) is 0 Å². The summed E-state index contributed by atoms with van der Waals surface area (Å²) in [7, 11) is 0. The molecular formula is C12H24IN3O. The zero-order chi connectivity index (χ0) is 12.2. The molecule has 2 atom stereocenters. The van der Waals surface area contributed by atoms with E-state index in [-0.39, 0.29) is 35.6 Å². The third kappa shape index (κ3) is 6.26. The highest BCUT2D eigenvalue weighted by Gasteiger charge is 2.25. The van der Waals surface area contributed by atoms with Gasteiger partial charge in [0.2, 0.25) is 0 Å². The highest BCUT2D eigenvalue weighted by atomic mass is 127. The highest BCUT2D eigenvalue weighted by Crippen LogP contribution is 2.21. The molecule has 1 heterocycles. The number of halogens is 1. The summed E-state index contributed by atoms with van der Waals surface area (Å²) in [6.45, 7) is 11.4. The second kappa shape index (κ2) is 7.20. The van der Waals surface area contributed by atoms with E-state index >= 15 is 0 Å². The largest absolute Gasteiger partial charge is 0.374 e. The van der Waals surface area contributed by atoms with Crippen LogP contribution in [-0.2, 0) is 4.74 Å². The zero-order valence-corrected chi connectivity index (χ0v) is 13.2. The lowest BCUT2D eigenvalue weighted by Gasteiger charge is -2.21. The van der Waals surface area contributed by atoms with Crippen molar-refractivity contribution in [3.8, 4) is 0 Å². The van der Waals surface area contributed by atoms with Crippen LogP contribution in [0.25, 0.3) is 0 Å². The molecule has 0 amide bonds. The average molecular weight is 353 g/mol. The van der Waals surface area contributed by atoms with Crippen LogP contribution in [0, 0.1) is 5.92 Å². The van der Waals surface area contributed by atoms with E-state index in [1.54, 1.807) is 0 Å². The van der Waals surface area contributed by atoms with Crippen molar-refractivity contribution < 1.29 is 4.74 Å². The molecular weight excluding hydrogens is 329 g/mol. The third-order valence-electron chi connectivity index (χ3n) is 2.50. The molecule has 100 valence electrons. The maximum absolute atomic E-state index is 5.80. The SMILES string of the molecule is C=C[C@@H]1OCC[C@H]1CN=C(N)NC(C)(C)C.I. The van der Waals surface area contributed by atoms with Crippen molar-refractivity contribution in [2.24, 2.45) is 16.6 Å². The molecule has 0 bridgehead atoms. The minimum atomic E-state index is -0.0441. The van der Waals surface area contributed by atoms with Crippen LogP contribution in [-0.4, -0.2) is 30.8 Å². The van der Waals surface area contributed by atoms with Crippen molar-refractivity contribution in [2.75, 3.05) is 13.2 Å². The van der Waals surface area contributed by atoms with Crippen molar-refractivity contribution in [3.63, 3.8) is 0 Å². The van der Waals surface area contributed by atoms with Gasteiger partial charge in [-0.1, -0.05) is 6.08 Å². The normalized spacial score (nSPS) is 25.2. The molecule has 1 fully saturated rings. The van der Waals surface area contributed by atoms with Gasteiger partial charge in [-0.25, -0.2) is 0 Å². The smallest absolute Gasteiger partial charge is 0.188 e. The topological polar surface area (TPSA) is 59.6 Å². The van der Waals surface area contributed by atoms with Gasteiger partial charge in [0.05, 0.1) is 6.10 Å². The molecule has 4 nitrogen and oxygen atoms in total. The molecule has 0 spiro atoms. The van der Waals surface area contributed by atoms with Crippen LogP contribution in [0.2, 0.25) is 0 Å². The third-order valence-corrected chi connectivity index (χ3v) is 2.50. The first kappa shape index (κ1) is 16.7. The van der Waals surface area contributed by atoms with Crippen molar-refractivity contribution in [1.29, 1.82) is 0 Å². The van der Waals surface area contributed by atoms with Crippen LogP contribution in [0.3, 0.4) is 0 Å². The molecule has 3 N–H and O–H groups in total. The Morgan fingerprint density at radius 3 is 2.76 bits per heavy atom. The van der Waals surface area contributed by atoms with E-state index < -0.39 is 0 Å². The summed E-state index contributed by atoms with van der Waals surface area (Å²) < 4.78 is 5.50. The number of aliphatic imine (C=N–C) groups is 1. The minimum absolute atomic E-state index is 0. The second-order valence-corrected chi connectivity index (χ2v) is 5.22. The van der Waals surface area contributed by atoms with Crippen LogP contribution in [0.15, 0.2) is 17.6 Å². The fourth-order valence-electron chi connectivity index (χ4n) is 1.75. The maximum Gasteiger partial charge on any atom is 0.188 e. The lowest BCUT2D eigenvalue weighted by molar-refractivity contribution is 0.129. The summed E-state index contributed by atoms with van der Waals surface area (Å²) in [6, 6.07) is 0. The van der Waals surface area contributed by atoms with Gasteiger partial charge < -0.3 is 15.8 Å². The summed E-state index contributed by atoms with van der Waals surface area (Å²) >= 11 is 0. The van der Waals surface area contributed by atoms with Crippen LogP contribution >= 0.6 is 24.0 Å². The molecule has 1 aliphatic heterocycles. The van der Waals surface area contributed by atoms with Gasteiger partial charge in [0.15, 0.2) is 5.96 Å². The molecule has 0 radical (unpaired) electrons. The second-order valence-electron chi connectivity index (χ2n) is 5.22. The average Bonchev–Trinajstić information content (AvgIpc) is 2.59. The molecule has 0 aromatic carbocycles. The van der Waals surface area contributed by atoms with Gasteiger partial charge in [0.1, 0.15) is 0 Å². The van der Waals surface area contributed by atoms with E-state index in [9.17, 15) is 0 Å². The Hall–Kier alpha value is -0.300. The quantitative estimate of drug-likeness (QED) is 0.353. The summed E-state index contributed by atoms with van der Waals surface area (Å²) in [4.78, 5) is 4.35. The number of nitrogens with two attached hydrogens (primary N) is 1. The Kier molecular flexibility index (Phi) is 7.08. The number of hydrogen-bond donors (Lipinski definition) is 2. The first-order valence-corrected chi connectivity index (χ1v) is 5.74. The van der Waals surface area contributed by atoms with Gasteiger partial charge >= 0.3 is 0 Å². The Bertz CT molecular complexity index is 273. The molecule has 0 aliphatic carbocycles. The van der Waals surface area contributed by atoms with E-state index in [4.69, 9.17) is 10.5 Å². The molecule has 5 heteroatoms. The van der Waals surface area contributed by atoms with Crippen molar-refractivity contribution in [1.82, 2.24) is 5.32 Å². The predicted molar refractivity (Wildman–Crippen MR) is 82.8 cm³/mol. The van der Waals surface area contributed by atoms with Crippen LogP contribution in [0.5, 0.6) is 0 Å². The zero-order valence-electron chi connectivity index (χ0n) is 10.9. The number of nitrogens with zero attached hydrogens (tertiary/aromatic N) is 1. The minimum Gasteiger partial charge on any atom is -0.374 e. The Balaban J connectivity index is 0.00000256. The van der Waals surface area contributed by atoms with Crippen LogP contribution < -0.4 is 11.1 Å². The number of rotatable bonds is 3. The Labute approximate surface area is 121 Å². The lowest BCUT2D eigenvalue weighted by atomic mass is 10.0. The molecule has 17 heavy (non-hydrogen) atoms. The first-order chi connectivity index (χ1) is 7.42. The number of hydrogen-bond acceptors (Lipinski definition) is 2. The molecule has 0 saturated carbocycles. The number of nitrogens with one attached hydrogen (secondary N) is 1. The van der Waals surface area contributed by atoms with E-state index in [1.807, 2.05) is 6.08 Å². The highest BCUT2D eigenvalue weighted by molar-refractivity contribution is 14.0. The van der Waals surface area contributed by atoms with Gasteiger partial charge in [-0.15, -0.1) is 30.6 Å². The van der Waals surface area contributed by atoms with E-state index in [0.717, 1.165) is 13.0 Å². The summed E-state index contributed by atoms with van der Waals surface area (Å²) in [6.07, 6.45) is 3.01. The number of ether oxygens (including phenoxy) is 1. The summed E-state index contributed by atoms with van der Waals surface area (Å²) in [5.74, 6) is 0.917. The van der Waals surface area contributed by atoms with Gasteiger partial charge in [0, 0.05) is 24.6 Å². The van der Waals surface area contributed by atoms with Crippen molar-refractivity contribution in [3.05, 3.63) is 12.7 Å². The van der Waals surface area contributed by atoms with E-state index in [0.29, 0.717) is 18.4 Å². The standard InChI is InChI=1S/C12H23N3O.HI/c1-5-10-9(6-7-16-10)8-14-11(13)15-12(2,3)4;/h5,9-10H,1,6-8H2,2-4H3,(H3,13,14,15);1H/t9-,10-;/m0./s1. The van der Waals surface area contributed by atoms with E-state index in [2.05, 4.69) is 37.7 Å². The van der Waals surface area contributed by atoms with E-state index in [1.165, 1.54) is 0 Å². The van der Waals surface area contributed by atoms with Gasteiger partial charge in [-0.2, -0.15) is 0 Å². The van der Waals surface area contributed by atoms with Crippen molar-refractivity contribution >= 4 is 29.9 Å². The predicted octanol–water partition coefficient (Wildman–Crippen LogP) is 1.90. The molecule has 1 saturated heterocycles. The van der Waals surface area contributed by atoms with Gasteiger partial charge in [-0.05, 0) is 27.2 Å². The Morgan fingerprint density at radius 2 is 2.24 bits per heavy atom. The fraction of sp³-hybridized carbons (Fsp3) is 0.750. The lowest BCUT2D eigenvalue weighted by Crippen LogP contribution is -2.45. The monoisotopic (exact) mass is 353 g/mol. The van der Waals surface area contributed by atoms with Crippen molar-refractivity contribution in [2.45, 2.75) is 38.8 Å². The molecule has 0 unspecified atom stereocenters. The molecule has 0 aromatic heterocycles. The molecule has 0 aromatic rings. The van der Waals surface area contributed by atoms with Crippen LogP contribution in [0.4, 0.5) is 0 Å².